The predicted molar refractivity (Wildman–Crippen MR) is 151 cm³/mol. The highest BCUT2D eigenvalue weighted by Crippen LogP contribution is 2.36. The van der Waals surface area contributed by atoms with E-state index >= 15 is 0 Å². The second-order valence-electron chi connectivity index (χ2n) is 8.35. The molecule has 1 atom stereocenters. The van der Waals surface area contributed by atoms with Crippen LogP contribution in [0.2, 0.25) is 5.02 Å². The summed E-state index contributed by atoms with van der Waals surface area (Å²) in [5.41, 5.74) is 2.87. The van der Waals surface area contributed by atoms with Gasteiger partial charge in [0, 0.05) is 23.0 Å². The first kappa shape index (κ1) is 27.7. The first-order chi connectivity index (χ1) is 18.3. The number of anilines is 1. The average molecular weight is 571 g/mol. The van der Waals surface area contributed by atoms with Gasteiger partial charge in [-0.15, -0.1) is 21.5 Å². The van der Waals surface area contributed by atoms with E-state index < -0.39 is 5.97 Å². The van der Waals surface area contributed by atoms with Crippen molar-refractivity contribution in [3.05, 3.63) is 75.9 Å². The van der Waals surface area contributed by atoms with Gasteiger partial charge in [-0.2, -0.15) is 0 Å². The minimum Gasteiger partial charge on any atom is -0.482 e. The average Bonchev–Trinajstić information content (AvgIpc) is 3.48. The minimum atomic E-state index is -0.474. The SMILES string of the molecule is CCOC(=O)c1c(-c2ccccc2)csc1NC(=O)CSc1nnc(C(C)Oc2ccc(Cl)cc2C)n1C. The molecule has 1 N–H and O–H groups in total. The Balaban J connectivity index is 1.43. The number of hydrogen-bond acceptors (Lipinski definition) is 8. The number of esters is 1. The van der Waals surface area contributed by atoms with Gasteiger partial charge >= 0.3 is 5.97 Å². The lowest BCUT2D eigenvalue weighted by atomic mass is 10.0. The molecule has 2 aromatic carbocycles. The summed E-state index contributed by atoms with van der Waals surface area (Å²) in [5, 5.41) is 14.9. The second-order valence-corrected chi connectivity index (χ2v) is 10.6. The third-order valence-corrected chi connectivity index (χ3v) is 7.76. The number of thiophene rings is 1. The summed E-state index contributed by atoms with van der Waals surface area (Å²) in [6.45, 7) is 5.80. The van der Waals surface area contributed by atoms with Gasteiger partial charge < -0.3 is 19.4 Å². The van der Waals surface area contributed by atoms with Crippen LogP contribution in [0.25, 0.3) is 11.1 Å². The van der Waals surface area contributed by atoms with Crippen molar-refractivity contribution in [1.82, 2.24) is 14.8 Å². The molecule has 0 saturated heterocycles. The number of aryl methyl sites for hydroxylation is 1. The third-order valence-electron chi connectivity index (χ3n) is 5.61. The smallest absolute Gasteiger partial charge is 0.341 e. The zero-order valence-corrected chi connectivity index (χ0v) is 23.7. The summed E-state index contributed by atoms with van der Waals surface area (Å²) < 4.78 is 13.1. The number of hydrogen-bond donors (Lipinski definition) is 1. The quantitative estimate of drug-likeness (QED) is 0.170. The van der Waals surface area contributed by atoms with Gasteiger partial charge in [-0.3, -0.25) is 4.79 Å². The van der Waals surface area contributed by atoms with Gasteiger partial charge in [-0.1, -0.05) is 53.7 Å². The molecule has 8 nitrogen and oxygen atoms in total. The lowest BCUT2D eigenvalue weighted by molar-refractivity contribution is -0.113. The highest BCUT2D eigenvalue weighted by Gasteiger charge is 2.23. The van der Waals surface area contributed by atoms with Crippen molar-refractivity contribution in [2.45, 2.75) is 32.0 Å². The number of amides is 1. The van der Waals surface area contributed by atoms with Crippen molar-refractivity contribution in [3.63, 3.8) is 0 Å². The Morgan fingerprint density at radius 1 is 1.18 bits per heavy atom. The van der Waals surface area contributed by atoms with E-state index in [1.165, 1.54) is 23.1 Å². The highest BCUT2D eigenvalue weighted by atomic mass is 35.5. The van der Waals surface area contributed by atoms with Crippen LogP contribution in [0.15, 0.2) is 59.1 Å². The number of aromatic nitrogens is 3. The van der Waals surface area contributed by atoms with Gasteiger partial charge in [0.1, 0.15) is 16.3 Å². The topological polar surface area (TPSA) is 95.3 Å². The zero-order valence-electron chi connectivity index (χ0n) is 21.4. The highest BCUT2D eigenvalue weighted by molar-refractivity contribution is 7.99. The van der Waals surface area contributed by atoms with Crippen LogP contribution in [0.3, 0.4) is 0 Å². The Hall–Kier alpha value is -3.34. The normalized spacial score (nSPS) is 11.7. The van der Waals surface area contributed by atoms with E-state index in [1.807, 2.05) is 68.7 Å². The molecule has 0 aliphatic heterocycles. The van der Waals surface area contributed by atoms with Gasteiger partial charge in [-0.05, 0) is 50.1 Å². The largest absolute Gasteiger partial charge is 0.482 e. The number of benzene rings is 2. The summed E-state index contributed by atoms with van der Waals surface area (Å²) in [7, 11) is 1.83. The van der Waals surface area contributed by atoms with Crippen LogP contribution in [0, 0.1) is 6.92 Å². The van der Waals surface area contributed by atoms with Crippen molar-refractivity contribution >= 4 is 51.6 Å². The van der Waals surface area contributed by atoms with E-state index in [0.717, 1.165) is 16.7 Å². The molecule has 2 aromatic heterocycles. The number of halogens is 1. The lowest BCUT2D eigenvalue weighted by Crippen LogP contribution is -2.17. The zero-order chi connectivity index (χ0) is 27.2. The fraction of sp³-hybridized carbons (Fsp3) is 0.259. The monoisotopic (exact) mass is 570 g/mol. The maximum Gasteiger partial charge on any atom is 0.341 e. The molecule has 2 heterocycles. The van der Waals surface area contributed by atoms with E-state index in [0.29, 0.717) is 32.3 Å². The molecule has 0 aliphatic rings. The molecule has 0 saturated carbocycles. The molecular formula is C27H27ClN4O4S2. The van der Waals surface area contributed by atoms with E-state index in [1.54, 1.807) is 17.6 Å². The number of nitrogens with zero attached hydrogens (tertiary/aromatic N) is 3. The van der Waals surface area contributed by atoms with E-state index in [2.05, 4.69) is 15.5 Å². The molecule has 0 fully saturated rings. The Morgan fingerprint density at radius 2 is 1.95 bits per heavy atom. The van der Waals surface area contributed by atoms with Crippen LogP contribution in [-0.2, 0) is 16.6 Å². The van der Waals surface area contributed by atoms with E-state index in [9.17, 15) is 9.59 Å². The number of ether oxygens (including phenoxy) is 2. The molecule has 0 bridgehead atoms. The molecule has 4 aromatic rings. The standard InChI is InChI=1S/C27H27ClN4O4S2/c1-5-35-26(34)23-20(18-9-7-6-8-10-18)14-37-25(23)29-22(33)15-38-27-31-30-24(32(27)4)17(3)36-21-12-11-19(28)13-16(21)2/h6-14,17H,5,15H2,1-4H3,(H,29,33). The number of carbonyl (C=O) groups is 2. The van der Waals surface area contributed by atoms with Crippen molar-refractivity contribution in [3.8, 4) is 16.9 Å². The molecule has 0 aliphatic carbocycles. The fourth-order valence-electron chi connectivity index (χ4n) is 3.77. The molecular weight excluding hydrogens is 544 g/mol. The first-order valence-corrected chi connectivity index (χ1v) is 14.1. The van der Waals surface area contributed by atoms with Crippen molar-refractivity contribution in [2.75, 3.05) is 17.7 Å². The van der Waals surface area contributed by atoms with Crippen molar-refractivity contribution in [2.24, 2.45) is 7.05 Å². The summed E-state index contributed by atoms with van der Waals surface area (Å²) in [6, 6.07) is 15.0. The van der Waals surface area contributed by atoms with Gasteiger partial charge in [0.05, 0.1) is 12.4 Å². The van der Waals surface area contributed by atoms with Crippen LogP contribution in [0.1, 0.15) is 41.7 Å². The van der Waals surface area contributed by atoms with Gasteiger partial charge in [0.2, 0.25) is 5.91 Å². The number of rotatable bonds is 10. The van der Waals surface area contributed by atoms with Crippen LogP contribution in [-0.4, -0.2) is 39.0 Å². The maximum atomic E-state index is 12.9. The van der Waals surface area contributed by atoms with Crippen molar-refractivity contribution < 1.29 is 19.1 Å². The summed E-state index contributed by atoms with van der Waals surface area (Å²) in [4.78, 5) is 25.6. The van der Waals surface area contributed by atoms with Gasteiger partial charge in [0.15, 0.2) is 17.1 Å². The number of nitrogens with one attached hydrogen (secondary N) is 1. The first-order valence-electron chi connectivity index (χ1n) is 11.9. The molecule has 0 radical (unpaired) electrons. The van der Waals surface area contributed by atoms with Gasteiger partial charge in [-0.25, -0.2) is 4.79 Å². The predicted octanol–water partition coefficient (Wildman–Crippen LogP) is 6.55. The lowest BCUT2D eigenvalue weighted by Gasteiger charge is -2.16. The van der Waals surface area contributed by atoms with Crippen LogP contribution in [0.4, 0.5) is 5.00 Å². The van der Waals surface area contributed by atoms with E-state index in [4.69, 9.17) is 21.1 Å². The summed E-state index contributed by atoms with van der Waals surface area (Å²) in [5.74, 6) is 0.670. The maximum absolute atomic E-state index is 12.9. The van der Waals surface area contributed by atoms with Crippen molar-refractivity contribution in [1.29, 1.82) is 0 Å². The fourth-order valence-corrected chi connectivity index (χ4v) is 5.69. The van der Waals surface area contributed by atoms with Crippen LogP contribution < -0.4 is 10.1 Å². The number of carbonyl (C=O) groups excluding carboxylic acids is 2. The molecule has 198 valence electrons. The molecule has 38 heavy (non-hydrogen) atoms. The Labute approximate surface area is 234 Å². The molecule has 4 rings (SSSR count). The van der Waals surface area contributed by atoms with Crippen LogP contribution in [0.5, 0.6) is 5.75 Å². The third kappa shape index (κ3) is 6.38. The van der Waals surface area contributed by atoms with Crippen LogP contribution >= 0.6 is 34.7 Å². The molecule has 11 heteroatoms. The number of thioether (sulfide) groups is 1. The Bertz CT molecular complexity index is 1440. The Kier molecular flexibility index (Phi) is 9.09. The molecule has 0 spiro atoms. The molecule has 1 unspecified atom stereocenters. The van der Waals surface area contributed by atoms with E-state index in [-0.39, 0.29) is 24.4 Å². The Morgan fingerprint density at radius 3 is 2.66 bits per heavy atom. The van der Waals surface area contributed by atoms with Gasteiger partial charge in [0.25, 0.3) is 0 Å². The second kappa shape index (κ2) is 12.5. The molecule has 1 amide bonds. The summed E-state index contributed by atoms with van der Waals surface area (Å²) in [6.07, 6.45) is -0.370. The summed E-state index contributed by atoms with van der Waals surface area (Å²) >= 11 is 8.57. The minimum absolute atomic E-state index is 0.0817.